The molecular weight excluding hydrogens is 381 g/mol. The number of hydrogen-bond acceptors (Lipinski definition) is 3. The highest BCUT2D eigenvalue weighted by atomic mass is 35.5. The standard InChI is InChI=1S/C21H27N3O.2ClH/c1-15-12-24(14-17-7-4-3-5-8-17)13-16(2)20(15)23-21(25)18-9-6-10-19(22)11-18;;/h3-11,15-16,20H,12-14,22H2,1-2H3,(H,23,25);2*1H. The second-order valence-corrected chi connectivity index (χ2v) is 7.26. The van der Waals surface area contributed by atoms with Crippen molar-refractivity contribution in [3.05, 3.63) is 65.7 Å². The van der Waals surface area contributed by atoms with Crippen molar-refractivity contribution in [3.63, 3.8) is 0 Å². The number of hydrogen-bond donors (Lipinski definition) is 2. The maximum Gasteiger partial charge on any atom is 0.251 e. The highest BCUT2D eigenvalue weighted by Gasteiger charge is 2.33. The zero-order chi connectivity index (χ0) is 17.8. The second-order valence-electron chi connectivity index (χ2n) is 7.26. The van der Waals surface area contributed by atoms with E-state index in [1.807, 2.05) is 18.2 Å². The van der Waals surface area contributed by atoms with Gasteiger partial charge in [-0.3, -0.25) is 9.69 Å². The number of nitrogens with one attached hydrogen (secondary N) is 1. The molecule has 0 aromatic heterocycles. The minimum atomic E-state index is -0.0347. The van der Waals surface area contributed by atoms with Crippen molar-refractivity contribution in [1.29, 1.82) is 0 Å². The van der Waals surface area contributed by atoms with Crippen LogP contribution in [0.25, 0.3) is 0 Å². The Balaban J connectivity index is 0.00000182. The number of rotatable bonds is 4. The number of anilines is 1. The molecule has 1 amide bonds. The number of amides is 1. The van der Waals surface area contributed by atoms with Crippen LogP contribution in [0, 0.1) is 11.8 Å². The van der Waals surface area contributed by atoms with E-state index in [1.165, 1.54) is 5.56 Å². The Morgan fingerprint density at radius 1 is 1.04 bits per heavy atom. The molecule has 0 radical (unpaired) electrons. The van der Waals surface area contributed by atoms with Crippen LogP contribution in [-0.4, -0.2) is 29.9 Å². The van der Waals surface area contributed by atoms with Gasteiger partial charge in [0.05, 0.1) is 0 Å². The average molecular weight is 410 g/mol. The number of benzene rings is 2. The third-order valence-electron chi connectivity index (χ3n) is 5.01. The summed E-state index contributed by atoms with van der Waals surface area (Å²) in [6.45, 7) is 7.38. The van der Waals surface area contributed by atoms with Crippen LogP contribution in [0.5, 0.6) is 0 Å². The molecule has 1 heterocycles. The molecule has 27 heavy (non-hydrogen) atoms. The molecule has 1 saturated heterocycles. The zero-order valence-corrected chi connectivity index (χ0v) is 17.4. The van der Waals surface area contributed by atoms with Gasteiger partial charge >= 0.3 is 0 Å². The van der Waals surface area contributed by atoms with Crippen molar-refractivity contribution in [1.82, 2.24) is 10.2 Å². The lowest BCUT2D eigenvalue weighted by Gasteiger charge is -2.41. The summed E-state index contributed by atoms with van der Waals surface area (Å²) < 4.78 is 0. The SMILES string of the molecule is CC1CN(Cc2ccccc2)CC(C)C1NC(=O)c1cccc(N)c1.Cl.Cl. The van der Waals surface area contributed by atoms with Gasteiger partial charge in [-0.25, -0.2) is 0 Å². The first-order valence-corrected chi connectivity index (χ1v) is 8.95. The largest absolute Gasteiger partial charge is 0.399 e. The third kappa shape index (κ3) is 6.13. The fourth-order valence-electron chi connectivity index (χ4n) is 3.85. The van der Waals surface area contributed by atoms with Gasteiger partial charge in [0.1, 0.15) is 0 Å². The molecule has 0 bridgehead atoms. The Labute approximate surface area is 174 Å². The second kappa shape index (κ2) is 10.5. The first-order chi connectivity index (χ1) is 12.0. The van der Waals surface area contributed by atoms with Crippen LogP contribution in [0.4, 0.5) is 5.69 Å². The molecule has 2 aromatic carbocycles. The van der Waals surface area contributed by atoms with Gasteiger partial charge in [-0.05, 0) is 35.6 Å². The maximum absolute atomic E-state index is 12.5. The van der Waals surface area contributed by atoms with Crippen molar-refractivity contribution in [2.24, 2.45) is 11.8 Å². The fraction of sp³-hybridized carbons (Fsp3) is 0.381. The van der Waals surface area contributed by atoms with E-state index in [0.29, 0.717) is 23.1 Å². The lowest BCUT2D eigenvalue weighted by molar-refractivity contribution is 0.0733. The molecule has 0 aliphatic carbocycles. The lowest BCUT2D eigenvalue weighted by Crippen LogP contribution is -2.54. The van der Waals surface area contributed by atoms with E-state index >= 15 is 0 Å². The van der Waals surface area contributed by atoms with Crippen LogP contribution in [-0.2, 0) is 6.54 Å². The van der Waals surface area contributed by atoms with Crippen molar-refractivity contribution in [2.75, 3.05) is 18.8 Å². The van der Waals surface area contributed by atoms with Crippen LogP contribution >= 0.6 is 24.8 Å². The molecule has 6 heteroatoms. The molecule has 2 unspecified atom stereocenters. The maximum atomic E-state index is 12.5. The molecule has 0 spiro atoms. The van der Waals surface area contributed by atoms with Gasteiger partial charge in [0.25, 0.3) is 5.91 Å². The summed E-state index contributed by atoms with van der Waals surface area (Å²) in [6.07, 6.45) is 0. The molecule has 1 fully saturated rings. The minimum absolute atomic E-state index is 0. The van der Waals surface area contributed by atoms with E-state index in [9.17, 15) is 4.79 Å². The summed E-state index contributed by atoms with van der Waals surface area (Å²) in [7, 11) is 0. The molecule has 2 aromatic rings. The smallest absolute Gasteiger partial charge is 0.251 e. The molecule has 4 nitrogen and oxygen atoms in total. The van der Waals surface area contributed by atoms with Gasteiger partial charge in [0.2, 0.25) is 0 Å². The van der Waals surface area contributed by atoms with Gasteiger partial charge in [-0.15, -0.1) is 24.8 Å². The number of halogens is 2. The molecule has 3 N–H and O–H groups in total. The Kier molecular flexibility index (Phi) is 9.10. The summed E-state index contributed by atoms with van der Waals surface area (Å²) >= 11 is 0. The monoisotopic (exact) mass is 409 g/mol. The van der Waals surface area contributed by atoms with Gasteiger partial charge < -0.3 is 11.1 Å². The van der Waals surface area contributed by atoms with Crippen molar-refractivity contribution in [3.8, 4) is 0 Å². The summed E-state index contributed by atoms with van der Waals surface area (Å²) in [5, 5.41) is 3.23. The van der Waals surface area contributed by atoms with Crippen LogP contribution in [0.1, 0.15) is 29.8 Å². The van der Waals surface area contributed by atoms with E-state index in [-0.39, 0.29) is 36.8 Å². The molecule has 2 atom stereocenters. The molecule has 0 saturated carbocycles. The molecular formula is C21H29Cl2N3O. The van der Waals surface area contributed by atoms with E-state index < -0.39 is 0 Å². The highest BCUT2D eigenvalue weighted by Crippen LogP contribution is 2.24. The summed E-state index contributed by atoms with van der Waals surface area (Å²) in [5.41, 5.74) is 8.37. The Morgan fingerprint density at radius 2 is 1.67 bits per heavy atom. The normalized spacial score (nSPS) is 22.2. The quantitative estimate of drug-likeness (QED) is 0.750. The zero-order valence-electron chi connectivity index (χ0n) is 15.8. The highest BCUT2D eigenvalue weighted by molar-refractivity contribution is 5.95. The van der Waals surface area contributed by atoms with Gasteiger partial charge in [-0.1, -0.05) is 50.2 Å². The van der Waals surface area contributed by atoms with Crippen LogP contribution in [0.15, 0.2) is 54.6 Å². The van der Waals surface area contributed by atoms with Crippen LogP contribution in [0.2, 0.25) is 0 Å². The predicted octanol–water partition coefficient (Wildman–Crippen LogP) is 4.00. The van der Waals surface area contributed by atoms with Crippen molar-refractivity contribution < 1.29 is 4.79 Å². The summed E-state index contributed by atoms with van der Waals surface area (Å²) in [6, 6.07) is 17.9. The van der Waals surface area contributed by atoms with Crippen molar-refractivity contribution in [2.45, 2.75) is 26.4 Å². The van der Waals surface area contributed by atoms with Crippen LogP contribution in [0.3, 0.4) is 0 Å². The number of piperidine rings is 1. The number of nitrogens with two attached hydrogens (primary N) is 1. The topological polar surface area (TPSA) is 58.4 Å². The van der Waals surface area contributed by atoms with Crippen molar-refractivity contribution >= 4 is 36.4 Å². The Hall–Kier alpha value is -1.75. The van der Waals surface area contributed by atoms with E-state index in [4.69, 9.17) is 5.73 Å². The summed E-state index contributed by atoms with van der Waals surface area (Å²) in [4.78, 5) is 15.0. The fourth-order valence-corrected chi connectivity index (χ4v) is 3.85. The molecule has 148 valence electrons. The van der Waals surface area contributed by atoms with E-state index in [2.05, 4.69) is 48.3 Å². The predicted molar refractivity (Wildman–Crippen MR) is 117 cm³/mol. The van der Waals surface area contributed by atoms with E-state index in [1.54, 1.807) is 12.1 Å². The third-order valence-corrected chi connectivity index (χ3v) is 5.01. The summed E-state index contributed by atoms with van der Waals surface area (Å²) in [5.74, 6) is 0.766. The average Bonchev–Trinajstić information content (AvgIpc) is 2.59. The number of likely N-dealkylation sites (tertiary alicyclic amines) is 1. The number of carbonyl (C=O) groups excluding carboxylic acids is 1. The van der Waals surface area contributed by atoms with Crippen LogP contribution < -0.4 is 11.1 Å². The molecule has 1 aliphatic heterocycles. The number of nitrogens with zero attached hydrogens (tertiary/aromatic N) is 1. The Morgan fingerprint density at radius 3 is 2.26 bits per heavy atom. The minimum Gasteiger partial charge on any atom is -0.399 e. The first-order valence-electron chi connectivity index (χ1n) is 8.95. The molecule has 1 aliphatic rings. The van der Waals surface area contributed by atoms with Gasteiger partial charge in [0.15, 0.2) is 0 Å². The van der Waals surface area contributed by atoms with Gasteiger partial charge in [0, 0.05) is 36.9 Å². The van der Waals surface area contributed by atoms with E-state index in [0.717, 1.165) is 19.6 Å². The lowest BCUT2D eigenvalue weighted by atomic mass is 9.85. The van der Waals surface area contributed by atoms with Gasteiger partial charge in [-0.2, -0.15) is 0 Å². The molecule has 3 rings (SSSR count). The first kappa shape index (κ1) is 23.3. The number of nitrogen functional groups attached to an aromatic ring is 1. The number of carbonyl (C=O) groups is 1. The Bertz CT molecular complexity index is 714.